The second-order valence-electron chi connectivity index (χ2n) is 9.54. The molecule has 35 heavy (non-hydrogen) atoms. The second kappa shape index (κ2) is 11.1. The molecule has 4 N–H and O–H groups in total. The number of aliphatic hydroxyl groups excluding tert-OH is 1. The van der Waals surface area contributed by atoms with Gasteiger partial charge in [0.1, 0.15) is 11.6 Å². The minimum absolute atomic E-state index is 0.117. The van der Waals surface area contributed by atoms with Crippen LogP contribution in [0.5, 0.6) is 0 Å². The molecule has 1 aliphatic carbocycles. The van der Waals surface area contributed by atoms with Crippen LogP contribution in [0.4, 0.5) is 8.78 Å². The highest BCUT2D eigenvalue weighted by Crippen LogP contribution is 2.38. The second-order valence-corrected chi connectivity index (χ2v) is 9.54. The summed E-state index contributed by atoms with van der Waals surface area (Å²) in [5.41, 5.74) is 3.40. The van der Waals surface area contributed by atoms with Crippen LogP contribution >= 0.6 is 0 Å². The number of halogens is 2. The lowest BCUT2D eigenvalue weighted by atomic mass is 9.76. The van der Waals surface area contributed by atoms with Gasteiger partial charge in [-0.25, -0.2) is 8.78 Å². The van der Waals surface area contributed by atoms with Crippen LogP contribution in [-0.4, -0.2) is 34.7 Å². The molecule has 0 aliphatic heterocycles. The van der Waals surface area contributed by atoms with Crippen LogP contribution in [-0.2, 0) is 16.8 Å². The quantitative estimate of drug-likeness (QED) is 0.354. The monoisotopic (exact) mass is 481 g/mol. The Labute approximate surface area is 205 Å². The number of hydrogen-bond acceptors (Lipinski definition) is 3. The molecule has 5 nitrogen and oxygen atoms in total. The predicted octanol–water partition coefficient (Wildman–Crippen LogP) is 4.82. The summed E-state index contributed by atoms with van der Waals surface area (Å²) in [6, 6.07) is 15.0. The first kappa shape index (κ1) is 25.1. The van der Waals surface area contributed by atoms with E-state index in [0.717, 1.165) is 43.0 Å². The number of rotatable bonds is 9. The molecule has 1 aliphatic rings. The van der Waals surface area contributed by atoms with Crippen molar-refractivity contribution in [1.29, 1.82) is 0 Å². The maximum absolute atomic E-state index is 13.7. The number of aliphatic hydroxyl groups is 1. The summed E-state index contributed by atoms with van der Waals surface area (Å²) in [7, 11) is 0. The highest BCUT2D eigenvalue weighted by atomic mass is 19.1. The van der Waals surface area contributed by atoms with Gasteiger partial charge >= 0.3 is 0 Å². The van der Waals surface area contributed by atoms with E-state index in [1.165, 1.54) is 31.0 Å². The van der Waals surface area contributed by atoms with Crippen molar-refractivity contribution in [3.8, 4) is 11.3 Å². The van der Waals surface area contributed by atoms with E-state index in [2.05, 4.69) is 39.9 Å². The molecule has 1 amide bonds. The smallest absolute Gasteiger partial charge is 0.217 e. The van der Waals surface area contributed by atoms with Crippen LogP contribution < -0.4 is 10.6 Å². The predicted molar refractivity (Wildman–Crippen MR) is 133 cm³/mol. The van der Waals surface area contributed by atoms with Gasteiger partial charge in [-0.1, -0.05) is 37.5 Å². The molecule has 0 saturated heterocycles. The van der Waals surface area contributed by atoms with Crippen molar-refractivity contribution in [3.63, 3.8) is 0 Å². The zero-order valence-electron chi connectivity index (χ0n) is 20.0. The van der Waals surface area contributed by atoms with Crippen molar-refractivity contribution < 1.29 is 18.7 Å². The van der Waals surface area contributed by atoms with Crippen molar-refractivity contribution in [2.24, 2.45) is 0 Å². The first-order valence-electron chi connectivity index (χ1n) is 12.2. The van der Waals surface area contributed by atoms with Crippen molar-refractivity contribution >= 4 is 5.91 Å². The normalized spacial score (nSPS) is 17.0. The van der Waals surface area contributed by atoms with E-state index in [4.69, 9.17) is 0 Å². The highest BCUT2D eigenvalue weighted by Gasteiger charge is 2.35. The molecule has 1 aromatic heterocycles. The number of carbonyl (C=O) groups is 1. The number of benzene rings is 2. The molecule has 0 bridgehead atoms. The fourth-order valence-electron chi connectivity index (χ4n) is 5.19. The van der Waals surface area contributed by atoms with E-state index in [1.807, 2.05) is 18.3 Å². The maximum Gasteiger partial charge on any atom is 0.217 e. The van der Waals surface area contributed by atoms with Gasteiger partial charge in [0, 0.05) is 37.0 Å². The molecule has 3 aromatic rings. The lowest BCUT2D eigenvalue weighted by Gasteiger charge is -2.40. The molecule has 4 rings (SSSR count). The lowest BCUT2D eigenvalue weighted by Crippen LogP contribution is -2.53. The third-order valence-electron chi connectivity index (χ3n) is 6.91. The average Bonchev–Trinajstić information content (AvgIpc) is 3.37. The Morgan fingerprint density at radius 2 is 1.80 bits per heavy atom. The molecule has 1 fully saturated rings. The molecular formula is C28H33F2N3O2. The van der Waals surface area contributed by atoms with Gasteiger partial charge in [-0.15, -0.1) is 0 Å². The number of aromatic nitrogens is 1. The van der Waals surface area contributed by atoms with Crippen molar-refractivity contribution in [2.75, 3.05) is 6.54 Å². The molecule has 1 saturated carbocycles. The van der Waals surface area contributed by atoms with Crippen molar-refractivity contribution in [2.45, 2.75) is 63.1 Å². The molecule has 0 spiro atoms. The molecule has 0 radical (unpaired) electrons. The zero-order chi connectivity index (χ0) is 24.8. The maximum atomic E-state index is 13.7. The number of nitrogens with one attached hydrogen (secondary N) is 3. The molecule has 2 aromatic carbocycles. The van der Waals surface area contributed by atoms with E-state index in [1.54, 1.807) is 0 Å². The minimum atomic E-state index is -0.949. The Morgan fingerprint density at radius 1 is 1.06 bits per heavy atom. The van der Waals surface area contributed by atoms with Gasteiger partial charge in [0.05, 0.1) is 12.1 Å². The number of hydrogen-bond donors (Lipinski definition) is 4. The Bertz CT molecular complexity index is 1110. The largest absolute Gasteiger partial charge is 0.390 e. The molecule has 1 heterocycles. The van der Waals surface area contributed by atoms with Crippen LogP contribution in [0, 0.1) is 11.6 Å². The van der Waals surface area contributed by atoms with Crippen LogP contribution in [0.2, 0.25) is 0 Å². The summed E-state index contributed by atoms with van der Waals surface area (Å²) in [6.07, 6.45) is 6.27. The van der Waals surface area contributed by atoms with E-state index in [-0.39, 0.29) is 24.4 Å². The summed E-state index contributed by atoms with van der Waals surface area (Å²) in [5.74, 6) is -1.67. The molecule has 186 valence electrons. The lowest BCUT2D eigenvalue weighted by molar-refractivity contribution is -0.120. The van der Waals surface area contributed by atoms with Gasteiger partial charge in [-0.3, -0.25) is 4.79 Å². The standard InChI is InChI=1S/C28H33F2N3O2/c1-19(34)33-26(15-20-13-23(29)17-24(30)14-20)27(35)18-32-28(10-3-2-4-11-28)22-8-5-7-21(16-22)25-9-6-12-31-25/h5-9,12-14,16-17,26-27,31-32,35H,2-4,10-11,15,18H2,1H3,(H,33,34). The molecule has 7 heteroatoms. The average molecular weight is 482 g/mol. The first-order chi connectivity index (χ1) is 16.8. The Hall–Kier alpha value is -3.03. The Kier molecular flexibility index (Phi) is 7.98. The van der Waals surface area contributed by atoms with Gasteiger partial charge in [-0.05, 0) is 66.3 Å². The van der Waals surface area contributed by atoms with Crippen LogP contribution in [0.15, 0.2) is 60.8 Å². The zero-order valence-corrected chi connectivity index (χ0v) is 20.0. The highest BCUT2D eigenvalue weighted by molar-refractivity contribution is 5.73. The minimum Gasteiger partial charge on any atom is -0.390 e. The first-order valence-corrected chi connectivity index (χ1v) is 12.2. The Balaban J connectivity index is 1.53. The van der Waals surface area contributed by atoms with Crippen LogP contribution in [0.3, 0.4) is 0 Å². The van der Waals surface area contributed by atoms with Gasteiger partial charge in [0.2, 0.25) is 5.91 Å². The summed E-state index contributed by atoms with van der Waals surface area (Å²) >= 11 is 0. The van der Waals surface area contributed by atoms with E-state index < -0.39 is 23.8 Å². The molecular weight excluding hydrogens is 448 g/mol. The van der Waals surface area contributed by atoms with Crippen molar-refractivity contribution in [3.05, 3.63) is 83.6 Å². The van der Waals surface area contributed by atoms with Crippen molar-refractivity contribution in [1.82, 2.24) is 15.6 Å². The number of carbonyl (C=O) groups excluding carboxylic acids is 1. The van der Waals surface area contributed by atoms with E-state index in [9.17, 15) is 18.7 Å². The fourth-order valence-corrected chi connectivity index (χ4v) is 5.19. The van der Waals surface area contributed by atoms with Gasteiger partial charge in [0.15, 0.2) is 0 Å². The summed E-state index contributed by atoms with van der Waals surface area (Å²) < 4.78 is 27.4. The Morgan fingerprint density at radius 3 is 2.46 bits per heavy atom. The summed E-state index contributed by atoms with van der Waals surface area (Å²) in [6.45, 7) is 1.60. The van der Waals surface area contributed by atoms with Crippen LogP contribution in [0.25, 0.3) is 11.3 Å². The summed E-state index contributed by atoms with van der Waals surface area (Å²) in [4.78, 5) is 15.1. The van der Waals surface area contributed by atoms with E-state index in [0.29, 0.717) is 5.56 Å². The topological polar surface area (TPSA) is 77.2 Å². The van der Waals surface area contributed by atoms with Crippen LogP contribution in [0.1, 0.15) is 50.2 Å². The van der Waals surface area contributed by atoms with E-state index >= 15 is 0 Å². The number of amides is 1. The van der Waals surface area contributed by atoms with Gasteiger partial charge in [-0.2, -0.15) is 0 Å². The van der Waals surface area contributed by atoms with Gasteiger partial charge in [0.25, 0.3) is 0 Å². The summed E-state index contributed by atoms with van der Waals surface area (Å²) in [5, 5.41) is 17.5. The number of aromatic amines is 1. The number of H-pyrrole nitrogens is 1. The van der Waals surface area contributed by atoms with Gasteiger partial charge < -0.3 is 20.7 Å². The fraction of sp³-hybridized carbons (Fsp3) is 0.393. The third kappa shape index (κ3) is 6.35. The molecule has 2 atom stereocenters. The SMILES string of the molecule is CC(=O)NC(Cc1cc(F)cc(F)c1)C(O)CNC1(c2cccc(-c3ccc[nH]3)c2)CCCCC1. The molecule has 2 unspecified atom stereocenters. The third-order valence-corrected chi connectivity index (χ3v) is 6.91.